The van der Waals surface area contributed by atoms with Crippen LogP contribution in [0.5, 0.6) is 0 Å². The molecule has 1 unspecified atom stereocenters. The molecule has 18 heavy (non-hydrogen) atoms. The van der Waals surface area contributed by atoms with Crippen molar-refractivity contribution < 1.29 is 8.42 Å². The number of rotatable bonds is 5. The first-order valence-electron chi connectivity index (χ1n) is 6.26. The maximum atomic E-state index is 11.9. The van der Waals surface area contributed by atoms with E-state index in [1.165, 1.54) is 12.8 Å². The minimum atomic E-state index is -3.29. The summed E-state index contributed by atoms with van der Waals surface area (Å²) in [4.78, 5) is 4.02. The van der Waals surface area contributed by atoms with Gasteiger partial charge >= 0.3 is 0 Å². The summed E-state index contributed by atoms with van der Waals surface area (Å²) >= 11 is 0. The lowest BCUT2D eigenvalue weighted by molar-refractivity contribution is 0.398. The van der Waals surface area contributed by atoms with Crippen molar-refractivity contribution in [2.75, 3.05) is 13.1 Å². The normalized spacial score (nSPS) is 20.8. The van der Waals surface area contributed by atoms with E-state index in [2.05, 4.69) is 15.0 Å². The van der Waals surface area contributed by atoms with Gasteiger partial charge in [-0.2, -0.15) is 0 Å². The van der Waals surface area contributed by atoms with Crippen LogP contribution in [0.1, 0.15) is 25.0 Å². The van der Waals surface area contributed by atoms with Gasteiger partial charge in [0, 0.05) is 18.8 Å². The molecule has 0 spiro atoms. The van der Waals surface area contributed by atoms with Crippen molar-refractivity contribution in [3.63, 3.8) is 0 Å². The molecule has 1 aromatic rings. The third-order valence-corrected chi connectivity index (χ3v) is 4.31. The molecular weight excluding hydrogens is 250 g/mol. The van der Waals surface area contributed by atoms with Gasteiger partial charge in [-0.15, -0.1) is 0 Å². The predicted molar refractivity (Wildman–Crippen MR) is 70.5 cm³/mol. The highest BCUT2D eigenvalue weighted by molar-refractivity contribution is 7.88. The Morgan fingerprint density at radius 1 is 1.39 bits per heavy atom. The zero-order chi connectivity index (χ0) is 12.8. The van der Waals surface area contributed by atoms with Gasteiger partial charge in [-0.25, -0.2) is 13.1 Å². The van der Waals surface area contributed by atoms with Crippen molar-refractivity contribution in [2.45, 2.75) is 31.1 Å². The van der Waals surface area contributed by atoms with E-state index < -0.39 is 10.0 Å². The lowest BCUT2D eigenvalue weighted by atomic mass is 10.1. The third kappa shape index (κ3) is 4.36. The first-order chi connectivity index (χ1) is 8.66. The third-order valence-electron chi connectivity index (χ3n) is 3.03. The molecule has 1 aliphatic heterocycles. The summed E-state index contributed by atoms with van der Waals surface area (Å²) in [5.41, 5.74) is 0.571. The van der Waals surface area contributed by atoms with E-state index in [0.29, 0.717) is 12.2 Å². The van der Waals surface area contributed by atoms with Crippen LogP contribution in [-0.4, -0.2) is 32.5 Å². The van der Waals surface area contributed by atoms with Crippen LogP contribution < -0.4 is 10.0 Å². The zero-order valence-corrected chi connectivity index (χ0v) is 11.1. The van der Waals surface area contributed by atoms with Gasteiger partial charge in [0.15, 0.2) is 0 Å². The average molecular weight is 269 g/mol. The number of sulfonamides is 1. The fourth-order valence-corrected chi connectivity index (χ4v) is 3.17. The smallest absolute Gasteiger partial charge is 0.217 e. The van der Waals surface area contributed by atoms with E-state index in [4.69, 9.17) is 0 Å². The molecule has 2 N–H and O–H groups in total. The van der Waals surface area contributed by atoms with E-state index in [1.54, 1.807) is 24.4 Å². The molecule has 5 nitrogen and oxygen atoms in total. The SMILES string of the molecule is O=S(=O)(Cc1ccccn1)NCC1CCCCN1. The molecule has 1 saturated heterocycles. The lowest BCUT2D eigenvalue weighted by Gasteiger charge is -2.23. The minimum absolute atomic E-state index is 0.0550. The maximum absolute atomic E-state index is 11.9. The van der Waals surface area contributed by atoms with Crippen LogP contribution in [-0.2, 0) is 15.8 Å². The molecule has 1 aromatic heterocycles. The summed E-state index contributed by atoms with van der Waals surface area (Å²) in [5, 5.41) is 3.31. The number of hydrogen-bond acceptors (Lipinski definition) is 4. The van der Waals surface area contributed by atoms with Gasteiger partial charge in [-0.3, -0.25) is 4.98 Å². The number of nitrogens with zero attached hydrogens (tertiary/aromatic N) is 1. The molecule has 6 heteroatoms. The summed E-state index contributed by atoms with van der Waals surface area (Å²) < 4.78 is 26.4. The molecule has 2 heterocycles. The van der Waals surface area contributed by atoms with E-state index in [9.17, 15) is 8.42 Å². The molecular formula is C12H19N3O2S. The van der Waals surface area contributed by atoms with Crippen LogP contribution in [0.3, 0.4) is 0 Å². The summed E-state index contributed by atoms with van der Waals surface area (Å²) in [6.07, 6.45) is 4.98. The Labute approximate surface area is 108 Å². The standard InChI is InChI=1S/C12H19N3O2S/c16-18(17,10-12-6-2-4-8-14-12)15-9-11-5-1-3-7-13-11/h2,4,6,8,11,13,15H,1,3,5,7,9-10H2. The van der Waals surface area contributed by atoms with E-state index in [-0.39, 0.29) is 11.8 Å². The first-order valence-corrected chi connectivity index (χ1v) is 7.91. The topological polar surface area (TPSA) is 71.1 Å². The molecule has 0 saturated carbocycles. The van der Waals surface area contributed by atoms with Crippen LogP contribution in [0, 0.1) is 0 Å². The van der Waals surface area contributed by atoms with E-state index >= 15 is 0 Å². The van der Waals surface area contributed by atoms with Crippen molar-refractivity contribution in [2.24, 2.45) is 0 Å². The summed E-state index contributed by atoms with van der Waals surface area (Å²) in [7, 11) is -3.29. The van der Waals surface area contributed by atoms with Crippen molar-refractivity contribution in [1.29, 1.82) is 0 Å². The van der Waals surface area contributed by atoms with Gasteiger partial charge in [0.1, 0.15) is 5.75 Å². The Bertz CT molecular complexity index is 455. The first kappa shape index (κ1) is 13.5. The highest BCUT2D eigenvalue weighted by Crippen LogP contribution is 2.07. The predicted octanol–water partition coefficient (Wildman–Crippen LogP) is 0.643. The second kappa shape index (κ2) is 6.26. The molecule has 1 aliphatic rings. The molecule has 1 atom stereocenters. The Morgan fingerprint density at radius 2 is 2.28 bits per heavy atom. The highest BCUT2D eigenvalue weighted by atomic mass is 32.2. The van der Waals surface area contributed by atoms with Gasteiger partial charge < -0.3 is 5.32 Å². The minimum Gasteiger partial charge on any atom is -0.313 e. The van der Waals surface area contributed by atoms with Gasteiger partial charge in [-0.05, 0) is 31.5 Å². The van der Waals surface area contributed by atoms with Crippen LogP contribution >= 0.6 is 0 Å². The fraction of sp³-hybridized carbons (Fsp3) is 0.583. The lowest BCUT2D eigenvalue weighted by Crippen LogP contribution is -2.43. The van der Waals surface area contributed by atoms with Crippen molar-refractivity contribution in [3.8, 4) is 0 Å². The number of nitrogens with one attached hydrogen (secondary N) is 2. The maximum Gasteiger partial charge on any atom is 0.217 e. The molecule has 0 radical (unpaired) electrons. The second-order valence-corrected chi connectivity index (χ2v) is 6.38. The van der Waals surface area contributed by atoms with Gasteiger partial charge in [0.05, 0.1) is 5.69 Å². The largest absolute Gasteiger partial charge is 0.313 e. The van der Waals surface area contributed by atoms with E-state index in [1.807, 2.05) is 0 Å². The van der Waals surface area contributed by atoms with E-state index in [0.717, 1.165) is 13.0 Å². The monoisotopic (exact) mass is 269 g/mol. The Hall–Kier alpha value is -0.980. The average Bonchev–Trinajstić information content (AvgIpc) is 2.38. The van der Waals surface area contributed by atoms with Gasteiger partial charge in [-0.1, -0.05) is 12.5 Å². The van der Waals surface area contributed by atoms with Crippen molar-refractivity contribution in [1.82, 2.24) is 15.0 Å². The van der Waals surface area contributed by atoms with Crippen LogP contribution in [0.25, 0.3) is 0 Å². The molecule has 1 fully saturated rings. The van der Waals surface area contributed by atoms with Crippen LogP contribution in [0.15, 0.2) is 24.4 Å². The fourth-order valence-electron chi connectivity index (χ4n) is 2.05. The highest BCUT2D eigenvalue weighted by Gasteiger charge is 2.17. The van der Waals surface area contributed by atoms with Crippen molar-refractivity contribution >= 4 is 10.0 Å². The molecule has 2 rings (SSSR count). The van der Waals surface area contributed by atoms with Crippen LogP contribution in [0.2, 0.25) is 0 Å². The summed E-state index contributed by atoms with van der Waals surface area (Å²) in [6.45, 7) is 1.45. The number of pyridine rings is 1. The molecule has 0 bridgehead atoms. The number of piperidine rings is 1. The number of aromatic nitrogens is 1. The van der Waals surface area contributed by atoms with Crippen molar-refractivity contribution in [3.05, 3.63) is 30.1 Å². The summed E-state index contributed by atoms with van der Waals surface area (Å²) in [5.74, 6) is -0.0550. The Morgan fingerprint density at radius 3 is 2.94 bits per heavy atom. The molecule has 100 valence electrons. The quantitative estimate of drug-likeness (QED) is 0.823. The molecule has 0 aromatic carbocycles. The van der Waals surface area contributed by atoms with Gasteiger partial charge in [0.2, 0.25) is 10.0 Å². The molecule has 0 aliphatic carbocycles. The number of hydrogen-bond donors (Lipinski definition) is 2. The Kier molecular flexibility index (Phi) is 4.68. The van der Waals surface area contributed by atoms with Crippen LogP contribution in [0.4, 0.5) is 0 Å². The summed E-state index contributed by atoms with van der Waals surface area (Å²) in [6, 6.07) is 5.55. The Balaban J connectivity index is 1.83. The second-order valence-electron chi connectivity index (χ2n) is 4.58. The zero-order valence-electron chi connectivity index (χ0n) is 10.3. The molecule has 0 amide bonds. The van der Waals surface area contributed by atoms with Gasteiger partial charge in [0.25, 0.3) is 0 Å².